The molecule has 0 bridgehead atoms. The third kappa shape index (κ3) is 5.46. The maximum Gasteiger partial charge on any atom is 0.252 e. The molecule has 10 heteroatoms. The molecule has 3 rings (SSSR count). The first-order chi connectivity index (χ1) is 14.7. The van der Waals surface area contributed by atoms with Crippen LogP contribution in [0, 0.1) is 5.92 Å². The van der Waals surface area contributed by atoms with Crippen LogP contribution in [0.2, 0.25) is 4.34 Å². The van der Waals surface area contributed by atoms with Crippen molar-refractivity contribution in [3.63, 3.8) is 0 Å². The summed E-state index contributed by atoms with van der Waals surface area (Å²) < 4.78 is 27.6. The second-order valence-corrected chi connectivity index (χ2v) is 11.4. The molecule has 1 aliphatic heterocycles. The Labute approximate surface area is 192 Å². The van der Waals surface area contributed by atoms with E-state index in [-0.39, 0.29) is 48.1 Å². The molecule has 0 spiro atoms. The number of benzene rings is 1. The van der Waals surface area contributed by atoms with Crippen molar-refractivity contribution in [2.75, 3.05) is 26.2 Å². The number of carbonyl (C=O) groups excluding carboxylic acids is 2. The molecule has 0 saturated carbocycles. The van der Waals surface area contributed by atoms with Crippen molar-refractivity contribution in [2.45, 2.75) is 30.5 Å². The Balaban J connectivity index is 1.67. The minimum atomic E-state index is -3.63. The van der Waals surface area contributed by atoms with Gasteiger partial charge >= 0.3 is 0 Å². The average Bonchev–Trinajstić information content (AvgIpc) is 3.24. The normalized spacial score (nSPS) is 17.2. The van der Waals surface area contributed by atoms with Crippen LogP contribution in [-0.2, 0) is 14.8 Å². The van der Waals surface area contributed by atoms with Crippen molar-refractivity contribution in [1.29, 1.82) is 0 Å². The minimum absolute atomic E-state index is 0.0600. The number of rotatable bonds is 7. The first kappa shape index (κ1) is 23.7. The fraction of sp³-hybridized carbons (Fsp3) is 0.429. The van der Waals surface area contributed by atoms with E-state index in [4.69, 9.17) is 11.6 Å². The SMILES string of the molecule is CCC(C)C(NC(=O)c1ccccc1)C(=O)N1CCN(S(=O)(=O)c2ccc(Cl)s2)CC1. The molecule has 0 aliphatic carbocycles. The van der Waals surface area contributed by atoms with Crippen molar-refractivity contribution < 1.29 is 18.0 Å². The summed E-state index contributed by atoms with van der Waals surface area (Å²) in [7, 11) is -3.63. The fourth-order valence-electron chi connectivity index (χ4n) is 3.41. The van der Waals surface area contributed by atoms with Gasteiger partial charge in [0.05, 0.1) is 4.34 Å². The topological polar surface area (TPSA) is 86.8 Å². The zero-order chi connectivity index (χ0) is 22.6. The van der Waals surface area contributed by atoms with Gasteiger partial charge in [0.15, 0.2) is 0 Å². The van der Waals surface area contributed by atoms with Gasteiger partial charge in [0.25, 0.3) is 15.9 Å². The monoisotopic (exact) mass is 483 g/mol. The third-order valence-corrected chi connectivity index (χ3v) is 9.09. The second kappa shape index (κ2) is 10.1. The maximum absolute atomic E-state index is 13.2. The van der Waals surface area contributed by atoms with Gasteiger partial charge in [-0.3, -0.25) is 9.59 Å². The highest BCUT2D eigenvalue weighted by molar-refractivity contribution is 7.91. The molecule has 1 aliphatic rings. The standard InChI is InChI=1S/C21H26ClN3O4S2/c1-3-15(2)19(23-20(26)16-7-5-4-6-8-16)21(27)24-11-13-25(14-12-24)31(28,29)18-10-9-17(22)30-18/h4-10,15,19H,3,11-14H2,1-2H3,(H,23,26). The van der Waals surface area contributed by atoms with Gasteiger partial charge in [-0.15, -0.1) is 11.3 Å². The van der Waals surface area contributed by atoms with Gasteiger partial charge in [0, 0.05) is 31.7 Å². The van der Waals surface area contributed by atoms with E-state index < -0.39 is 16.1 Å². The quantitative estimate of drug-likeness (QED) is 0.655. The summed E-state index contributed by atoms with van der Waals surface area (Å²) in [5, 5.41) is 2.88. The van der Waals surface area contributed by atoms with E-state index in [2.05, 4.69) is 5.32 Å². The predicted molar refractivity (Wildman–Crippen MR) is 122 cm³/mol. The van der Waals surface area contributed by atoms with Crippen LogP contribution in [0.25, 0.3) is 0 Å². The van der Waals surface area contributed by atoms with Gasteiger partial charge in [-0.05, 0) is 30.2 Å². The number of sulfonamides is 1. The van der Waals surface area contributed by atoms with Crippen molar-refractivity contribution in [3.05, 3.63) is 52.4 Å². The number of amides is 2. The number of piperazine rings is 1. The van der Waals surface area contributed by atoms with Gasteiger partial charge in [0.1, 0.15) is 10.3 Å². The molecule has 2 unspecified atom stereocenters. The van der Waals surface area contributed by atoms with Crippen LogP contribution in [0.15, 0.2) is 46.7 Å². The Morgan fingerprint density at radius 2 is 1.74 bits per heavy atom. The molecular weight excluding hydrogens is 458 g/mol. The summed E-state index contributed by atoms with van der Waals surface area (Å²) >= 11 is 6.90. The van der Waals surface area contributed by atoms with Gasteiger partial charge in [-0.25, -0.2) is 8.42 Å². The first-order valence-corrected chi connectivity index (χ1v) is 12.8. The molecule has 2 aromatic rings. The second-order valence-electron chi connectivity index (χ2n) is 7.49. The van der Waals surface area contributed by atoms with Crippen LogP contribution in [0.4, 0.5) is 0 Å². The van der Waals surface area contributed by atoms with Crippen LogP contribution in [-0.4, -0.2) is 61.7 Å². The van der Waals surface area contributed by atoms with Crippen LogP contribution in [0.5, 0.6) is 0 Å². The third-order valence-electron chi connectivity index (χ3n) is 5.49. The van der Waals surface area contributed by atoms with Crippen molar-refractivity contribution in [2.24, 2.45) is 5.92 Å². The number of halogens is 1. The summed E-state index contributed by atoms with van der Waals surface area (Å²) in [6, 6.07) is 11.2. The maximum atomic E-state index is 13.2. The average molecular weight is 484 g/mol. The predicted octanol–water partition coefficient (Wildman–Crippen LogP) is 3.08. The molecule has 1 aromatic carbocycles. The molecule has 1 fully saturated rings. The van der Waals surface area contributed by atoms with Crippen LogP contribution in [0.1, 0.15) is 30.6 Å². The highest BCUT2D eigenvalue weighted by atomic mass is 35.5. The lowest BCUT2D eigenvalue weighted by Gasteiger charge is -2.36. The number of nitrogens with one attached hydrogen (secondary N) is 1. The number of thiophene rings is 1. The first-order valence-electron chi connectivity index (χ1n) is 10.1. The summed E-state index contributed by atoms with van der Waals surface area (Å²) in [5.41, 5.74) is 0.495. The van der Waals surface area contributed by atoms with Crippen LogP contribution in [0.3, 0.4) is 0 Å². The largest absolute Gasteiger partial charge is 0.340 e. The zero-order valence-corrected chi connectivity index (χ0v) is 19.8. The van der Waals surface area contributed by atoms with Crippen molar-refractivity contribution >= 4 is 44.8 Å². The molecule has 168 valence electrons. The van der Waals surface area contributed by atoms with Gasteiger partial charge in [-0.2, -0.15) is 4.31 Å². The van der Waals surface area contributed by atoms with E-state index in [1.807, 2.05) is 19.9 Å². The number of hydrogen-bond donors (Lipinski definition) is 1. The van der Waals surface area contributed by atoms with Gasteiger partial charge in [-0.1, -0.05) is 50.1 Å². The van der Waals surface area contributed by atoms with Crippen LogP contribution < -0.4 is 5.32 Å². The molecule has 2 atom stereocenters. The minimum Gasteiger partial charge on any atom is -0.340 e. The van der Waals surface area contributed by atoms with E-state index >= 15 is 0 Å². The molecular formula is C21H26ClN3O4S2. The zero-order valence-electron chi connectivity index (χ0n) is 17.5. The fourth-order valence-corrected chi connectivity index (χ4v) is 6.47. The summed E-state index contributed by atoms with van der Waals surface area (Å²) in [6.07, 6.45) is 0.721. The molecule has 7 nitrogen and oxygen atoms in total. The molecule has 31 heavy (non-hydrogen) atoms. The molecule has 1 saturated heterocycles. The molecule has 1 N–H and O–H groups in total. The number of carbonyl (C=O) groups is 2. The number of nitrogens with zero attached hydrogens (tertiary/aromatic N) is 2. The molecule has 2 heterocycles. The lowest BCUT2D eigenvalue weighted by atomic mass is 9.97. The summed E-state index contributed by atoms with van der Waals surface area (Å²) in [4.78, 5) is 27.5. The smallest absolute Gasteiger partial charge is 0.252 e. The van der Waals surface area contributed by atoms with E-state index in [1.54, 1.807) is 35.2 Å². The molecule has 2 amide bonds. The molecule has 1 aromatic heterocycles. The van der Waals surface area contributed by atoms with Crippen molar-refractivity contribution in [1.82, 2.24) is 14.5 Å². The van der Waals surface area contributed by atoms with E-state index in [9.17, 15) is 18.0 Å². The van der Waals surface area contributed by atoms with E-state index in [0.717, 1.165) is 17.8 Å². The van der Waals surface area contributed by atoms with E-state index in [1.165, 1.54) is 10.4 Å². The van der Waals surface area contributed by atoms with Crippen LogP contribution >= 0.6 is 22.9 Å². The summed E-state index contributed by atoms with van der Waals surface area (Å²) in [6.45, 7) is 4.83. The Hall–Kier alpha value is -1.94. The lowest BCUT2D eigenvalue weighted by molar-refractivity contribution is -0.135. The Morgan fingerprint density at radius 1 is 1.10 bits per heavy atom. The highest BCUT2D eigenvalue weighted by Crippen LogP contribution is 2.28. The van der Waals surface area contributed by atoms with E-state index in [0.29, 0.717) is 9.90 Å². The molecule has 0 radical (unpaired) electrons. The Bertz CT molecular complexity index is 1020. The Morgan fingerprint density at radius 3 is 2.29 bits per heavy atom. The van der Waals surface area contributed by atoms with Gasteiger partial charge < -0.3 is 10.2 Å². The van der Waals surface area contributed by atoms with Gasteiger partial charge in [0.2, 0.25) is 5.91 Å². The Kier molecular flexibility index (Phi) is 7.74. The number of hydrogen-bond acceptors (Lipinski definition) is 5. The lowest BCUT2D eigenvalue weighted by Crippen LogP contribution is -2.57. The highest BCUT2D eigenvalue weighted by Gasteiger charge is 2.35. The summed E-state index contributed by atoms with van der Waals surface area (Å²) in [5.74, 6) is -0.542. The van der Waals surface area contributed by atoms with Crippen molar-refractivity contribution in [3.8, 4) is 0 Å².